The SMILES string of the molecule is CC(C)c1cc(-c2ccc(-c3nc(-c4ccccc4)c4sc5ccccc5c4n3)cc2)c2ccc3cccnc3c2n1. The minimum absolute atomic E-state index is 0.295. The number of aromatic nitrogens is 4. The van der Waals surface area contributed by atoms with Crippen molar-refractivity contribution in [3.8, 4) is 33.8 Å². The minimum Gasteiger partial charge on any atom is -0.254 e. The summed E-state index contributed by atoms with van der Waals surface area (Å²) in [5.74, 6) is 1.03. The Bertz CT molecular complexity index is 2270. The molecule has 0 amide bonds. The van der Waals surface area contributed by atoms with E-state index in [1.807, 2.05) is 18.3 Å². The van der Waals surface area contributed by atoms with Crippen molar-refractivity contribution in [3.63, 3.8) is 0 Å². The van der Waals surface area contributed by atoms with Gasteiger partial charge in [0, 0.05) is 43.9 Å². The number of hydrogen-bond acceptors (Lipinski definition) is 5. The van der Waals surface area contributed by atoms with E-state index >= 15 is 0 Å². The summed E-state index contributed by atoms with van der Waals surface area (Å²) in [5, 5.41) is 3.37. The van der Waals surface area contributed by atoms with Gasteiger partial charge in [0.15, 0.2) is 5.82 Å². The maximum absolute atomic E-state index is 5.14. The number of fused-ring (bicyclic) bond motifs is 6. The molecule has 5 heteroatoms. The van der Waals surface area contributed by atoms with Crippen LogP contribution in [0.15, 0.2) is 115 Å². The van der Waals surface area contributed by atoms with Crippen LogP contribution in [0.1, 0.15) is 25.5 Å². The second kappa shape index (κ2) is 9.82. The minimum atomic E-state index is 0.295. The standard InChI is InChI=1S/C37H26N4S/c1-22(2)30-21-29(27-19-18-25-11-8-20-38-32(25)34(27)39-30)23-14-16-26(17-15-23)37-40-33(24-9-4-3-5-10-24)36-35(41-37)28-12-6-7-13-31(28)42-36/h3-22H,1-2H3. The first-order valence-electron chi connectivity index (χ1n) is 14.2. The van der Waals surface area contributed by atoms with Crippen molar-refractivity contribution in [2.24, 2.45) is 0 Å². The van der Waals surface area contributed by atoms with Crippen molar-refractivity contribution in [1.82, 2.24) is 19.9 Å². The fraction of sp³-hybridized carbons (Fsp3) is 0.0811. The molecule has 0 spiro atoms. The normalized spacial score (nSPS) is 11.8. The first-order valence-corrected chi connectivity index (χ1v) is 15.0. The van der Waals surface area contributed by atoms with Crippen LogP contribution >= 0.6 is 11.3 Å². The van der Waals surface area contributed by atoms with Crippen molar-refractivity contribution in [2.45, 2.75) is 19.8 Å². The lowest BCUT2D eigenvalue weighted by molar-refractivity contribution is 0.831. The summed E-state index contributed by atoms with van der Waals surface area (Å²) in [6.45, 7) is 4.37. The van der Waals surface area contributed by atoms with Crippen LogP contribution in [-0.4, -0.2) is 19.9 Å². The molecule has 0 bridgehead atoms. The molecule has 42 heavy (non-hydrogen) atoms. The highest BCUT2D eigenvalue weighted by atomic mass is 32.1. The first-order chi connectivity index (χ1) is 20.6. The van der Waals surface area contributed by atoms with E-state index < -0.39 is 0 Å². The van der Waals surface area contributed by atoms with Crippen molar-refractivity contribution in [2.75, 3.05) is 0 Å². The van der Waals surface area contributed by atoms with Gasteiger partial charge in [0.25, 0.3) is 0 Å². The summed E-state index contributed by atoms with van der Waals surface area (Å²) in [6, 6.07) is 38.1. The van der Waals surface area contributed by atoms with Crippen LogP contribution in [0, 0.1) is 0 Å². The van der Waals surface area contributed by atoms with Gasteiger partial charge < -0.3 is 0 Å². The van der Waals surface area contributed by atoms with E-state index in [1.165, 1.54) is 10.1 Å². The van der Waals surface area contributed by atoms with Gasteiger partial charge in [-0.25, -0.2) is 9.97 Å². The van der Waals surface area contributed by atoms with Gasteiger partial charge in [-0.3, -0.25) is 9.97 Å². The van der Waals surface area contributed by atoms with Crippen LogP contribution in [-0.2, 0) is 0 Å². The molecule has 8 rings (SSSR count). The Morgan fingerprint density at radius 1 is 0.595 bits per heavy atom. The Kier molecular flexibility index (Phi) is 5.79. The van der Waals surface area contributed by atoms with Crippen molar-refractivity contribution < 1.29 is 0 Å². The maximum Gasteiger partial charge on any atom is 0.160 e. The lowest BCUT2D eigenvalue weighted by Crippen LogP contribution is -1.97. The van der Waals surface area contributed by atoms with Crippen molar-refractivity contribution >= 4 is 53.4 Å². The molecular weight excluding hydrogens is 533 g/mol. The van der Waals surface area contributed by atoms with Gasteiger partial charge in [-0.15, -0.1) is 11.3 Å². The maximum atomic E-state index is 5.14. The number of pyridine rings is 2. The molecule has 0 aliphatic rings. The monoisotopic (exact) mass is 558 g/mol. The molecule has 4 aromatic carbocycles. The van der Waals surface area contributed by atoms with Crippen LogP contribution in [0.3, 0.4) is 0 Å². The summed E-state index contributed by atoms with van der Waals surface area (Å²) in [4.78, 5) is 20.0. The second-order valence-electron chi connectivity index (χ2n) is 10.9. The topological polar surface area (TPSA) is 51.6 Å². The molecule has 8 aromatic rings. The zero-order valence-electron chi connectivity index (χ0n) is 23.2. The molecule has 4 aromatic heterocycles. The molecule has 0 saturated heterocycles. The van der Waals surface area contributed by atoms with Gasteiger partial charge in [0.05, 0.1) is 26.9 Å². The smallest absolute Gasteiger partial charge is 0.160 e. The summed E-state index contributed by atoms with van der Waals surface area (Å²) < 4.78 is 2.34. The third kappa shape index (κ3) is 4.05. The highest BCUT2D eigenvalue weighted by molar-refractivity contribution is 7.26. The van der Waals surface area contributed by atoms with Crippen LogP contribution < -0.4 is 0 Å². The summed E-state index contributed by atoms with van der Waals surface area (Å²) in [6.07, 6.45) is 1.84. The lowest BCUT2D eigenvalue weighted by atomic mass is 9.95. The van der Waals surface area contributed by atoms with Gasteiger partial charge >= 0.3 is 0 Å². The van der Waals surface area contributed by atoms with Gasteiger partial charge in [-0.1, -0.05) is 105 Å². The molecule has 0 aliphatic heterocycles. The molecule has 0 fully saturated rings. The first kappa shape index (κ1) is 24.8. The third-order valence-corrected chi connectivity index (χ3v) is 9.05. The molecule has 0 atom stereocenters. The van der Waals surface area contributed by atoms with Gasteiger partial charge in [0.1, 0.15) is 0 Å². The third-order valence-electron chi connectivity index (χ3n) is 7.88. The zero-order valence-corrected chi connectivity index (χ0v) is 24.1. The fourth-order valence-electron chi connectivity index (χ4n) is 5.69. The van der Waals surface area contributed by atoms with E-state index in [0.717, 1.165) is 71.5 Å². The average Bonchev–Trinajstić information content (AvgIpc) is 3.43. The molecule has 0 aliphatic carbocycles. The van der Waals surface area contributed by atoms with Crippen LogP contribution in [0.2, 0.25) is 0 Å². The lowest BCUT2D eigenvalue weighted by Gasteiger charge is -2.14. The van der Waals surface area contributed by atoms with Gasteiger partial charge in [-0.05, 0) is 35.2 Å². The van der Waals surface area contributed by atoms with E-state index in [0.29, 0.717) is 5.92 Å². The molecule has 200 valence electrons. The largest absolute Gasteiger partial charge is 0.254 e. The molecule has 0 saturated carbocycles. The molecule has 4 nitrogen and oxygen atoms in total. The fourth-order valence-corrected chi connectivity index (χ4v) is 6.85. The number of nitrogens with zero attached hydrogens (tertiary/aromatic N) is 4. The van der Waals surface area contributed by atoms with Crippen LogP contribution in [0.25, 0.3) is 75.9 Å². The summed E-state index contributed by atoms with van der Waals surface area (Å²) in [7, 11) is 0. The Labute approximate surface area is 247 Å². The predicted octanol–water partition coefficient (Wildman–Crippen LogP) is 10.1. The Hall–Kier alpha value is -5.00. The highest BCUT2D eigenvalue weighted by Gasteiger charge is 2.17. The Morgan fingerprint density at radius 2 is 1.38 bits per heavy atom. The quantitative estimate of drug-likeness (QED) is 0.202. The number of benzene rings is 4. The van der Waals surface area contributed by atoms with Crippen molar-refractivity contribution in [3.05, 3.63) is 121 Å². The highest BCUT2D eigenvalue weighted by Crippen LogP contribution is 2.40. The Balaban J connectivity index is 1.30. The molecule has 4 heterocycles. The van der Waals surface area contributed by atoms with Gasteiger partial charge in [0.2, 0.25) is 0 Å². The Morgan fingerprint density at radius 3 is 2.21 bits per heavy atom. The van der Waals surface area contributed by atoms with Crippen LogP contribution in [0.4, 0.5) is 0 Å². The summed E-state index contributed by atoms with van der Waals surface area (Å²) in [5.41, 5.74) is 9.30. The second-order valence-corrected chi connectivity index (χ2v) is 12.0. The predicted molar refractivity (Wildman–Crippen MR) is 176 cm³/mol. The summed E-state index contributed by atoms with van der Waals surface area (Å²) >= 11 is 1.76. The number of rotatable bonds is 4. The average molecular weight is 559 g/mol. The van der Waals surface area contributed by atoms with E-state index in [4.69, 9.17) is 19.9 Å². The van der Waals surface area contributed by atoms with E-state index in [9.17, 15) is 0 Å². The number of hydrogen-bond donors (Lipinski definition) is 0. The van der Waals surface area contributed by atoms with Gasteiger partial charge in [-0.2, -0.15) is 0 Å². The van der Waals surface area contributed by atoms with E-state index in [1.54, 1.807) is 11.3 Å². The van der Waals surface area contributed by atoms with E-state index in [-0.39, 0.29) is 0 Å². The zero-order chi connectivity index (χ0) is 28.2. The molecule has 0 unspecified atom stereocenters. The molecule has 0 N–H and O–H groups in total. The molecular formula is C37H26N4S. The number of thiophene rings is 1. The van der Waals surface area contributed by atoms with Crippen LogP contribution in [0.5, 0.6) is 0 Å². The van der Waals surface area contributed by atoms with E-state index in [2.05, 4.69) is 111 Å². The molecule has 0 radical (unpaired) electrons. The van der Waals surface area contributed by atoms with Crippen molar-refractivity contribution in [1.29, 1.82) is 0 Å².